The fraction of sp³-hybridized carbons (Fsp3) is 0.304. The normalized spacial score (nSPS) is 19.7. The second-order valence-electron chi connectivity index (χ2n) is 7.42. The van der Waals surface area contributed by atoms with Gasteiger partial charge in [0.2, 0.25) is 0 Å². The van der Waals surface area contributed by atoms with E-state index >= 15 is 0 Å². The van der Waals surface area contributed by atoms with Gasteiger partial charge < -0.3 is 5.73 Å². The smallest absolute Gasteiger partial charge is 0.148 e. The van der Waals surface area contributed by atoms with Gasteiger partial charge in [0.05, 0.1) is 5.02 Å². The Morgan fingerprint density at radius 2 is 1.83 bits per heavy atom. The first-order valence-electron chi connectivity index (χ1n) is 9.89. The summed E-state index contributed by atoms with van der Waals surface area (Å²) >= 11 is 13.7. The molecule has 2 heterocycles. The summed E-state index contributed by atoms with van der Waals surface area (Å²) in [4.78, 5) is 9.52. The van der Waals surface area contributed by atoms with Crippen molar-refractivity contribution in [1.82, 2.24) is 9.97 Å². The van der Waals surface area contributed by atoms with Crippen LogP contribution in [0.5, 0.6) is 0 Å². The van der Waals surface area contributed by atoms with Crippen molar-refractivity contribution >= 4 is 35.0 Å². The van der Waals surface area contributed by atoms with E-state index in [0.29, 0.717) is 16.1 Å². The average molecular weight is 444 g/mol. The molecule has 0 saturated heterocycles. The highest BCUT2D eigenvalue weighted by molar-refractivity contribution is 7.99. The molecule has 4 rings (SSSR count). The molecule has 3 nitrogen and oxygen atoms in total. The van der Waals surface area contributed by atoms with Crippen molar-refractivity contribution in [2.75, 3.05) is 0 Å². The van der Waals surface area contributed by atoms with Crippen molar-refractivity contribution in [2.24, 2.45) is 5.73 Å². The minimum Gasteiger partial charge on any atom is -0.324 e. The highest BCUT2D eigenvalue weighted by Gasteiger charge is 2.19. The van der Waals surface area contributed by atoms with Gasteiger partial charge in [-0.3, -0.25) is 0 Å². The largest absolute Gasteiger partial charge is 0.324 e. The Bertz CT molecular complexity index is 978. The van der Waals surface area contributed by atoms with Gasteiger partial charge in [0.1, 0.15) is 10.2 Å². The summed E-state index contributed by atoms with van der Waals surface area (Å²) in [6.45, 7) is 0. The number of halogens is 2. The lowest BCUT2D eigenvalue weighted by molar-refractivity contribution is 0.509. The predicted molar refractivity (Wildman–Crippen MR) is 121 cm³/mol. The first-order valence-corrected chi connectivity index (χ1v) is 11.5. The number of hydrogen-bond acceptors (Lipinski definition) is 4. The predicted octanol–water partition coefficient (Wildman–Crippen LogP) is 6.83. The molecule has 2 atom stereocenters. The lowest BCUT2D eigenvalue weighted by Gasteiger charge is -2.18. The second kappa shape index (κ2) is 9.48. The third-order valence-electron chi connectivity index (χ3n) is 5.54. The van der Waals surface area contributed by atoms with Gasteiger partial charge in [-0.15, -0.1) is 0 Å². The van der Waals surface area contributed by atoms with Crippen molar-refractivity contribution in [3.05, 3.63) is 81.7 Å². The summed E-state index contributed by atoms with van der Waals surface area (Å²) in [5.41, 5.74) is 10.5. The molecule has 1 aliphatic rings. The van der Waals surface area contributed by atoms with E-state index in [9.17, 15) is 0 Å². The van der Waals surface area contributed by atoms with Crippen molar-refractivity contribution in [3.63, 3.8) is 0 Å². The summed E-state index contributed by atoms with van der Waals surface area (Å²) in [7, 11) is 0. The third-order valence-corrected chi connectivity index (χ3v) is 7.42. The maximum Gasteiger partial charge on any atom is 0.148 e. The molecule has 6 heteroatoms. The molecule has 2 N–H and O–H groups in total. The van der Waals surface area contributed by atoms with Crippen LogP contribution in [0.2, 0.25) is 10.2 Å². The summed E-state index contributed by atoms with van der Waals surface area (Å²) in [5.74, 6) is 0.487. The summed E-state index contributed by atoms with van der Waals surface area (Å²) in [6, 6.07) is 14.8. The molecule has 0 radical (unpaired) electrons. The van der Waals surface area contributed by atoms with Crippen molar-refractivity contribution in [2.45, 2.75) is 54.0 Å². The number of nitrogens with zero attached hydrogens (tertiary/aromatic N) is 2. The number of aryl methyl sites for hydroxylation is 1. The van der Waals surface area contributed by atoms with Crippen molar-refractivity contribution < 1.29 is 0 Å². The van der Waals surface area contributed by atoms with Crippen LogP contribution < -0.4 is 5.73 Å². The molecular weight excluding hydrogens is 421 g/mol. The van der Waals surface area contributed by atoms with Crippen LogP contribution in [0.4, 0.5) is 0 Å². The van der Waals surface area contributed by atoms with Crippen LogP contribution in [0.3, 0.4) is 0 Å². The van der Waals surface area contributed by atoms with Gasteiger partial charge in [0.25, 0.3) is 0 Å². The Kier molecular flexibility index (Phi) is 6.76. The lowest BCUT2D eigenvalue weighted by atomic mass is 9.90. The third kappa shape index (κ3) is 4.95. The summed E-state index contributed by atoms with van der Waals surface area (Å²) in [6.07, 6.45) is 9.13. The highest BCUT2D eigenvalue weighted by atomic mass is 35.5. The van der Waals surface area contributed by atoms with E-state index in [0.717, 1.165) is 42.0 Å². The zero-order valence-corrected chi connectivity index (χ0v) is 18.4. The number of benzene rings is 1. The van der Waals surface area contributed by atoms with Gasteiger partial charge in [0, 0.05) is 23.3 Å². The Labute approximate surface area is 186 Å². The van der Waals surface area contributed by atoms with Gasteiger partial charge in [-0.25, -0.2) is 9.97 Å². The monoisotopic (exact) mass is 443 g/mol. The van der Waals surface area contributed by atoms with Crippen molar-refractivity contribution in [1.29, 1.82) is 0 Å². The van der Waals surface area contributed by atoms with Crippen LogP contribution in [-0.4, -0.2) is 9.97 Å². The number of aromatic nitrogens is 2. The molecule has 29 heavy (non-hydrogen) atoms. The van der Waals surface area contributed by atoms with Gasteiger partial charge >= 0.3 is 0 Å². The topological polar surface area (TPSA) is 51.8 Å². The average Bonchev–Trinajstić information content (AvgIpc) is 2.82. The van der Waals surface area contributed by atoms with Crippen LogP contribution in [0.15, 0.2) is 64.8 Å². The standard InChI is InChI=1S/C23H23Cl2N3S/c24-22-20(12-13-27-23(22)25)29-21-11-9-17(14-28-21)15-5-3-6-16-4-1-2-7-18(16)19(26)10-8-15/h1-2,4,7,9,11-15,19H,3,5-6,8,10,26H2/t15-,19+/m1/s1. The number of fused-ring (bicyclic) bond motifs is 1. The van der Waals surface area contributed by atoms with Gasteiger partial charge in [-0.2, -0.15) is 0 Å². The van der Waals surface area contributed by atoms with Crippen LogP contribution >= 0.6 is 35.0 Å². The molecule has 0 fully saturated rings. The van der Waals surface area contributed by atoms with E-state index in [1.807, 2.05) is 12.3 Å². The van der Waals surface area contributed by atoms with Crippen molar-refractivity contribution in [3.8, 4) is 0 Å². The van der Waals surface area contributed by atoms with E-state index in [4.69, 9.17) is 28.9 Å². The summed E-state index contributed by atoms with van der Waals surface area (Å²) < 4.78 is 0. The maximum absolute atomic E-state index is 6.51. The van der Waals surface area contributed by atoms with Crippen LogP contribution in [0.25, 0.3) is 0 Å². The fourth-order valence-corrected chi connectivity index (χ4v) is 5.19. The van der Waals surface area contributed by atoms with Gasteiger partial charge in [-0.05, 0) is 66.8 Å². The summed E-state index contributed by atoms with van der Waals surface area (Å²) in [5, 5.41) is 1.68. The minimum absolute atomic E-state index is 0.105. The molecular formula is C23H23Cl2N3S. The Balaban J connectivity index is 1.47. The van der Waals surface area contributed by atoms with Crippen LogP contribution in [0.1, 0.15) is 54.3 Å². The zero-order valence-electron chi connectivity index (χ0n) is 16.0. The van der Waals surface area contributed by atoms with Crippen LogP contribution in [-0.2, 0) is 6.42 Å². The quantitative estimate of drug-likeness (QED) is 0.450. The molecule has 1 aliphatic carbocycles. The molecule has 1 aromatic carbocycles. The van der Waals surface area contributed by atoms with E-state index in [1.54, 1.807) is 6.20 Å². The number of hydrogen-bond donors (Lipinski definition) is 1. The maximum atomic E-state index is 6.51. The number of nitrogens with two attached hydrogens (primary N) is 1. The molecule has 0 spiro atoms. The van der Waals surface area contributed by atoms with E-state index in [-0.39, 0.29) is 6.04 Å². The molecule has 0 aliphatic heterocycles. The zero-order chi connectivity index (χ0) is 20.2. The number of rotatable bonds is 3. The molecule has 2 aromatic heterocycles. The minimum atomic E-state index is 0.105. The molecule has 150 valence electrons. The first-order chi connectivity index (χ1) is 14.1. The molecule has 0 saturated carbocycles. The highest BCUT2D eigenvalue weighted by Crippen LogP contribution is 2.37. The van der Waals surface area contributed by atoms with E-state index in [2.05, 4.69) is 46.4 Å². The Morgan fingerprint density at radius 1 is 0.966 bits per heavy atom. The molecule has 3 aromatic rings. The van der Waals surface area contributed by atoms with Gasteiger partial charge in [-0.1, -0.05) is 65.3 Å². The lowest BCUT2D eigenvalue weighted by Crippen LogP contribution is -2.13. The fourth-order valence-electron chi connectivity index (χ4n) is 3.96. The van der Waals surface area contributed by atoms with Crippen LogP contribution in [0, 0.1) is 0 Å². The Hall–Kier alpha value is -1.59. The van der Waals surface area contributed by atoms with E-state index < -0.39 is 0 Å². The number of pyridine rings is 2. The molecule has 0 bridgehead atoms. The Morgan fingerprint density at radius 3 is 2.66 bits per heavy atom. The molecule has 0 unspecified atom stereocenters. The molecule has 0 amide bonds. The first kappa shape index (κ1) is 20.7. The SMILES string of the molecule is N[C@H]1CC[C@H](c2ccc(Sc3ccnc(Cl)c3Cl)nc2)CCCc2ccccc21. The second-order valence-corrected chi connectivity index (χ2v) is 9.22. The van der Waals surface area contributed by atoms with Gasteiger partial charge in [0.15, 0.2) is 0 Å². The van der Waals surface area contributed by atoms with E-state index in [1.165, 1.54) is 28.5 Å².